The second-order valence-electron chi connectivity index (χ2n) is 16.2. The van der Waals surface area contributed by atoms with Crippen LogP contribution < -0.4 is 44.7 Å². The molecule has 0 aliphatic heterocycles. The van der Waals surface area contributed by atoms with Gasteiger partial charge in [-0.25, -0.2) is 52.7 Å². The summed E-state index contributed by atoms with van der Waals surface area (Å²) in [7, 11) is 3.33. The first-order valence-corrected chi connectivity index (χ1v) is 28.2. The Morgan fingerprint density at radius 3 is 0.900 bits per heavy atom. The Hall–Kier alpha value is -3.96. The normalized spacial score (nSPS) is 11.6. The van der Waals surface area contributed by atoms with Gasteiger partial charge in [0.1, 0.15) is 29.4 Å². The summed E-state index contributed by atoms with van der Waals surface area (Å²) in [5, 5.41) is -13.9. The molecule has 428 valence electrons. The van der Waals surface area contributed by atoms with Crippen LogP contribution in [0, 0.1) is 69.8 Å². The van der Waals surface area contributed by atoms with Crippen molar-refractivity contribution in [1.82, 2.24) is 0 Å². The molecule has 80 heavy (non-hydrogen) atoms. The molecule has 0 amide bonds. The van der Waals surface area contributed by atoms with Crippen LogP contribution in [0.5, 0.6) is 11.5 Å². The molecular weight excluding hydrogens is 1320 g/mol. The van der Waals surface area contributed by atoms with E-state index in [0.717, 1.165) is 11.5 Å². The van der Waals surface area contributed by atoms with Crippen molar-refractivity contribution in [3.8, 4) is 11.5 Å². The molecule has 7 aromatic carbocycles. The first kappa shape index (κ1) is 65.2. The number of para-hydroxylation sites is 2. The van der Waals surface area contributed by atoms with Gasteiger partial charge in [-0.15, -0.1) is 21.9 Å². The van der Waals surface area contributed by atoms with Gasteiger partial charge >= 0.3 is 213 Å². The van der Waals surface area contributed by atoms with Crippen molar-refractivity contribution in [2.75, 3.05) is 67.1 Å². The van der Waals surface area contributed by atoms with Gasteiger partial charge in [0.2, 0.25) is 0 Å². The number of halogens is 20. The molecule has 0 aliphatic rings. The van der Waals surface area contributed by atoms with Crippen LogP contribution in [0.4, 0.5) is 52.7 Å². The summed E-state index contributed by atoms with van der Waals surface area (Å²) in [5.74, 6) is -29.5. The number of hydrogen-bond acceptors (Lipinski definition) is 6. The zero-order valence-electron chi connectivity index (χ0n) is 40.7. The molecule has 0 spiro atoms. The van der Waals surface area contributed by atoms with Gasteiger partial charge in [0.05, 0.1) is 20.1 Å². The van der Waals surface area contributed by atoms with E-state index in [0.29, 0.717) is 52.9 Å². The zero-order chi connectivity index (χ0) is 58.9. The second-order valence-corrected chi connectivity index (χ2v) is 23.4. The predicted octanol–water partition coefficient (Wildman–Crippen LogP) is 12.2. The number of rotatable bonds is 21. The van der Waals surface area contributed by atoms with Crippen molar-refractivity contribution in [3.63, 3.8) is 0 Å². The molecule has 28 heteroatoms. The van der Waals surface area contributed by atoms with Crippen LogP contribution in [0.2, 0.25) is 40.2 Å². The van der Waals surface area contributed by atoms with E-state index in [1.165, 1.54) is 13.4 Å². The minimum Gasteiger partial charge on any atom is -0.207 e. The molecule has 0 N–H and O–H groups in total. The van der Waals surface area contributed by atoms with Crippen molar-refractivity contribution in [1.29, 1.82) is 0 Å². The third kappa shape index (κ3) is 13.0. The fourth-order valence-corrected chi connectivity index (χ4v) is 15.0. The van der Waals surface area contributed by atoms with Crippen LogP contribution in [-0.2, 0) is 18.9 Å². The Balaban J connectivity index is 0.000000266. The van der Waals surface area contributed by atoms with Gasteiger partial charge in [0, 0.05) is 20.1 Å². The molecule has 0 radical (unpaired) electrons. The molecule has 0 saturated heterocycles. The largest absolute Gasteiger partial charge is 0.207 e. The first-order chi connectivity index (χ1) is 38.0. The molecule has 6 nitrogen and oxygen atoms in total. The standard InChI is InChI=1S/C28H35O6Se.C24BCl8F12/c1-29-16-18-31-20-22-33-25-12-6-8-14-27(25)35(24-10-4-3-5-11-24)28-15-9-7-13-26(28)34-23-21-32-19-17-30-2;26-5-1(13(34)21(42)17(38)9(5)30)25(2-6(27)10(31)18(39)22(43)14(2)35,3-7(28)11(32)19(40)23(44)15(3)36)4-8(29)12(33)20(41)24(45)16(4)37/h3-15H,16-23H2,1-2H3;/q+1;-1. The van der Waals surface area contributed by atoms with Crippen molar-refractivity contribution >= 4 is 148 Å². The second kappa shape index (κ2) is 29.0. The molecule has 0 aromatic heterocycles. The average molecular weight is 1360 g/mol. The summed E-state index contributed by atoms with van der Waals surface area (Å²) in [4.78, 5) is 0. The minimum atomic E-state index is -5.62. The third-order valence-electron chi connectivity index (χ3n) is 11.7. The summed E-state index contributed by atoms with van der Waals surface area (Å²) in [6.07, 6.45) is -5.62. The molecule has 0 fully saturated rings. The van der Waals surface area contributed by atoms with Gasteiger partial charge in [-0.1, -0.05) is 92.8 Å². The van der Waals surface area contributed by atoms with E-state index in [1.54, 1.807) is 14.2 Å². The molecule has 0 unspecified atom stereocenters. The van der Waals surface area contributed by atoms with E-state index >= 15 is 35.1 Å². The molecule has 0 aliphatic carbocycles. The Morgan fingerprint density at radius 1 is 0.325 bits per heavy atom. The van der Waals surface area contributed by atoms with Crippen molar-refractivity contribution in [2.45, 2.75) is 0 Å². The summed E-state index contributed by atoms with van der Waals surface area (Å²) in [6, 6.07) is 27.2. The molecule has 7 aromatic rings. The van der Waals surface area contributed by atoms with Crippen molar-refractivity contribution < 1.29 is 81.1 Å². The number of hydrogen-bond donors (Lipinski definition) is 0. The maximum atomic E-state index is 16.0. The van der Waals surface area contributed by atoms with Gasteiger partial charge in [-0.05, 0) is 0 Å². The molecular formula is C52H35BCl8F12O6Se. The van der Waals surface area contributed by atoms with Gasteiger partial charge in [0.15, 0.2) is 46.5 Å². The van der Waals surface area contributed by atoms with Crippen LogP contribution in [0.15, 0.2) is 78.9 Å². The van der Waals surface area contributed by atoms with Crippen molar-refractivity contribution in [2.24, 2.45) is 0 Å². The maximum Gasteiger partial charge on any atom is 0.192 e. The van der Waals surface area contributed by atoms with Gasteiger partial charge < -0.3 is 0 Å². The first-order valence-electron chi connectivity index (χ1n) is 22.6. The van der Waals surface area contributed by atoms with Crippen LogP contribution in [0.25, 0.3) is 0 Å². The monoisotopic (exact) mass is 1350 g/mol. The molecule has 0 atom stereocenters. The molecule has 0 bridgehead atoms. The fraction of sp³-hybridized carbons (Fsp3) is 0.192. The molecule has 0 heterocycles. The number of methoxy groups -OCH3 is 2. The summed E-state index contributed by atoms with van der Waals surface area (Å²) >= 11 is 44.9. The van der Waals surface area contributed by atoms with E-state index in [1.807, 2.05) is 30.3 Å². The van der Waals surface area contributed by atoms with Gasteiger partial charge in [-0.2, -0.15) is 0 Å². The molecule has 0 saturated carbocycles. The number of ether oxygens (including phenoxy) is 6. The van der Waals surface area contributed by atoms with Crippen LogP contribution in [0.3, 0.4) is 0 Å². The van der Waals surface area contributed by atoms with Crippen LogP contribution in [0.1, 0.15) is 0 Å². The van der Waals surface area contributed by atoms with E-state index in [9.17, 15) is 17.6 Å². The average Bonchev–Trinajstić information content (AvgIpc) is 2.44. The van der Waals surface area contributed by atoms with Crippen LogP contribution >= 0.6 is 92.8 Å². The zero-order valence-corrected chi connectivity index (χ0v) is 48.4. The van der Waals surface area contributed by atoms with E-state index in [2.05, 4.69) is 48.5 Å². The molecule has 7 rings (SSSR count). The van der Waals surface area contributed by atoms with Gasteiger partial charge in [-0.3, -0.25) is 0 Å². The van der Waals surface area contributed by atoms with Crippen molar-refractivity contribution in [3.05, 3.63) is 189 Å². The third-order valence-corrected chi connectivity index (χ3v) is 19.9. The predicted molar refractivity (Wildman–Crippen MR) is 290 cm³/mol. The fourth-order valence-electron chi connectivity index (χ4n) is 8.19. The smallest absolute Gasteiger partial charge is 0.192 e. The number of benzene rings is 7. The van der Waals surface area contributed by atoms with E-state index < -0.39 is 152 Å². The van der Waals surface area contributed by atoms with E-state index in [4.69, 9.17) is 121 Å². The Labute approximate surface area is 493 Å². The SMILES string of the molecule is COCCOCCOc1ccccc1[Se+](c1ccccc1)c1ccccc1OCCOCCOC.Fc1c(F)c(Cl)c(Cl)c([B-](c2c(F)c(F)c(F)c(Cl)c2Cl)(c2c(F)c(F)c(F)c(Cl)c2Cl)c2c(F)c(F)c(F)c(Cl)c2Cl)c1F. The van der Waals surface area contributed by atoms with E-state index in [-0.39, 0.29) is 0 Å². The summed E-state index contributed by atoms with van der Waals surface area (Å²) in [6.45, 7) is 4.24. The summed E-state index contributed by atoms with van der Waals surface area (Å²) < 4.78 is 220. The maximum absolute atomic E-state index is 16.0. The Bertz CT molecular complexity index is 2940. The van der Waals surface area contributed by atoms with Gasteiger partial charge in [0.25, 0.3) is 0 Å². The Morgan fingerprint density at radius 2 is 0.600 bits per heavy atom. The van der Waals surface area contributed by atoms with Crippen LogP contribution in [-0.4, -0.2) is 87.1 Å². The quantitative estimate of drug-likeness (QED) is 0.0235. The summed E-state index contributed by atoms with van der Waals surface area (Å²) in [5.41, 5.74) is -8.47. The minimum absolute atomic E-state index is 0.478. The topological polar surface area (TPSA) is 55.4 Å². The Kier molecular flexibility index (Phi) is 23.7.